The zero-order valence-electron chi connectivity index (χ0n) is 20.8. The Balaban J connectivity index is 1.78. The maximum Gasteiger partial charge on any atom is 0.263 e. The first kappa shape index (κ1) is 27.9. The fourth-order valence-corrected chi connectivity index (χ4v) is 5.46. The van der Waals surface area contributed by atoms with Crippen molar-refractivity contribution in [2.45, 2.75) is 18.4 Å². The van der Waals surface area contributed by atoms with E-state index < -0.39 is 38.0 Å². The Morgan fingerprint density at radius 3 is 2.59 bits per heavy atom. The lowest BCUT2D eigenvalue weighted by atomic mass is 10.0. The molecule has 0 aliphatic carbocycles. The average Bonchev–Trinajstić information content (AvgIpc) is 2.89. The highest BCUT2D eigenvalue weighted by atomic mass is 35.5. The lowest BCUT2D eigenvalue weighted by molar-refractivity contribution is -0.124. The number of nitrogens with one attached hydrogen (secondary N) is 2. The molecule has 14 heteroatoms. The minimum Gasteiger partial charge on any atom is -0.480 e. The Hall–Kier alpha value is -4.10. The molecular formula is C25H22ClF2N5O5S. The third-order valence-corrected chi connectivity index (χ3v) is 7.71. The van der Waals surface area contributed by atoms with Crippen molar-refractivity contribution in [2.75, 3.05) is 18.9 Å². The quantitative estimate of drug-likeness (QED) is 0.327. The van der Waals surface area contributed by atoms with Crippen molar-refractivity contribution in [1.82, 2.24) is 19.9 Å². The van der Waals surface area contributed by atoms with Gasteiger partial charge in [-0.25, -0.2) is 27.2 Å². The van der Waals surface area contributed by atoms with E-state index in [1.165, 1.54) is 43.4 Å². The van der Waals surface area contributed by atoms with Crippen LogP contribution in [0.15, 0.2) is 58.6 Å². The summed E-state index contributed by atoms with van der Waals surface area (Å²) in [6.07, 6.45) is 2.49. The van der Waals surface area contributed by atoms with Crippen LogP contribution in [-0.2, 0) is 21.4 Å². The summed E-state index contributed by atoms with van der Waals surface area (Å²) in [4.78, 5) is 32.8. The van der Waals surface area contributed by atoms with Gasteiger partial charge in [0.25, 0.3) is 15.6 Å². The van der Waals surface area contributed by atoms with Gasteiger partial charge in [-0.15, -0.1) is 0 Å². The van der Waals surface area contributed by atoms with E-state index in [-0.39, 0.29) is 51.1 Å². The maximum absolute atomic E-state index is 15.2. The minimum atomic E-state index is -4.33. The maximum atomic E-state index is 15.2. The third kappa shape index (κ3) is 5.68. The third-order valence-electron chi connectivity index (χ3n) is 5.86. The van der Waals surface area contributed by atoms with Gasteiger partial charge in [0.2, 0.25) is 11.8 Å². The van der Waals surface area contributed by atoms with Crippen LogP contribution < -0.4 is 20.3 Å². The molecular weight excluding hydrogens is 556 g/mol. The number of fused-ring (bicyclic) bond motifs is 1. The number of benzene rings is 2. The Bertz CT molecular complexity index is 1760. The van der Waals surface area contributed by atoms with Gasteiger partial charge in [0, 0.05) is 37.0 Å². The SMILES string of the molecule is CNC(=O)C(C)Cn1cnc2cc(F)c(-c3cnc(OC)c(NS(=O)(=O)c4ccc(F)cc4Cl)c3)cc2c1=O. The van der Waals surface area contributed by atoms with Crippen LogP contribution in [-0.4, -0.2) is 43.0 Å². The van der Waals surface area contributed by atoms with E-state index in [2.05, 4.69) is 20.0 Å². The molecule has 0 radical (unpaired) electrons. The van der Waals surface area contributed by atoms with E-state index in [1.54, 1.807) is 6.92 Å². The molecule has 0 saturated heterocycles. The standard InChI is InChI=1S/C25H22ClF2N5O5S/c1-13(23(34)29-2)11-33-12-31-20-9-19(28)16(8-17(20)25(33)35)14-6-21(24(38-3)30-10-14)32-39(36,37)22-5-4-15(27)7-18(22)26/h4-10,12-13,32H,11H2,1-3H3,(H,29,34). The topological polar surface area (TPSA) is 132 Å². The van der Waals surface area contributed by atoms with Crippen molar-refractivity contribution >= 4 is 44.1 Å². The molecule has 0 aliphatic rings. The molecule has 0 fully saturated rings. The summed E-state index contributed by atoms with van der Waals surface area (Å²) < 4.78 is 63.2. The Kier molecular flexibility index (Phi) is 7.84. The van der Waals surface area contributed by atoms with Crippen LogP contribution in [0.1, 0.15) is 6.92 Å². The zero-order valence-corrected chi connectivity index (χ0v) is 22.4. The molecule has 0 spiro atoms. The molecule has 39 heavy (non-hydrogen) atoms. The van der Waals surface area contributed by atoms with Gasteiger partial charge in [0.15, 0.2) is 0 Å². The molecule has 2 aromatic heterocycles. The highest BCUT2D eigenvalue weighted by Gasteiger charge is 2.22. The molecule has 0 saturated carbocycles. The molecule has 1 amide bonds. The summed E-state index contributed by atoms with van der Waals surface area (Å²) in [7, 11) is -1.58. The second-order valence-electron chi connectivity index (χ2n) is 8.53. The predicted molar refractivity (Wildman–Crippen MR) is 141 cm³/mol. The summed E-state index contributed by atoms with van der Waals surface area (Å²) in [5, 5.41) is 2.24. The summed E-state index contributed by atoms with van der Waals surface area (Å²) >= 11 is 5.93. The Labute approximate surface area is 226 Å². The normalized spacial score (nSPS) is 12.3. The van der Waals surface area contributed by atoms with Crippen molar-refractivity contribution in [3.63, 3.8) is 0 Å². The number of aromatic nitrogens is 3. The number of nitrogens with zero attached hydrogens (tertiary/aromatic N) is 3. The van der Waals surface area contributed by atoms with Crippen molar-refractivity contribution < 1.29 is 26.7 Å². The summed E-state index contributed by atoms with van der Waals surface area (Å²) in [5.41, 5.74) is -0.498. The van der Waals surface area contributed by atoms with Gasteiger partial charge in [-0.1, -0.05) is 18.5 Å². The molecule has 1 unspecified atom stereocenters. The van der Waals surface area contributed by atoms with Crippen LogP contribution in [0.5, 0.6) is 5.88 Å². The minimum absolute atomic E-state index is 0.0517. The number of carbonyl (C=O) groups excluding carboxylic acids is 1. The van der Waals surface area contributed by atoms with Gasteiger partial charge in [0.1, 0.15) is 22.2 Å². The van der Waals surface area contributed by atoms with Crippen LogP contribution in [0.3, 0.4) is 0 Å². The molecule has 204 valence electrons. The molecule has 2 heterocycles. The van der Waals surface area contributed by atoms with Crippen LogP contribution in [0.4, 0.5) is 14.5 Å². The highest BCUT2D eigenvalue weighted by molar-refractivity contribution is 7.92. The summed E-state index contributed by atoms with van der Waals surface area (Å²) in [6, 6.07) is 6.41. The number of ether oxygens (including phenoxy) is 1. The fourth-order valence-electron chi connectivity index (χ4n) is 3.88. The number of anilines is 1. The molecule has 0 aliphatic heterocycles. The second kappa shape index (κ2) is 10.9. The van der Waals surface area contributed by atoms with Gasteiger partial charge in [-0.05, 0) is 30.3 Å². The van der Waals surface area contributed by atoms with E-state index in [1.807, 2.05) is 0 Å². The molecule has 4 aromatic rings. The number of carbonyl (C=O) groups is 1. The monoisotopic (exact) mass is 577 g/mol. The number of sulfonamides is 1. The predicted octanol–water partition coefficient (Wildman–Crippen LogP) is 3.58. The van der Waals surface area contributed by atoms with E-state index in [0.29, 0.717) is 0 Å². The van der Waals surface area contributed by atoms with Gasteiger partial charge in [-0.3, -0.25) is 18.9 Å². The average molecular weight is 578 g/mol. The summed E-state index contributed by atoms with van der Waals surface area (Å²) in [5.74, 6) is -2.38. The van der Waals surface area contributed by atoms with E-state index >= 15 is 4.39 Å². The number of rotatable bonds is 8. The number of pyridine rings is 1. The lowest BCUT2D eigenvalue weighted by Crippen LogP contribution is -2.32. The number of amides is 1. The second-order valence-corrected chi connectivity index (χ2v) is 10.6. The van der Waals surface area contributed by atoms with Crippen molar-refractivity contribution in [3.05, 3.63) is 75.9 Å². The molecule has 10 nitrogen and oxygen atoms in total. The molecule has 1 atom stereocenters. The first-order chi connectivity index (χ1) is 18.4. The summed E-state index contributed by atoms with van der Waals surface area (Å²) in [6.45, 7) is 1.70. The van der Waals surface area contributed by atoms with Gasteiger partial charge >= 0.3 is 0 Å². The van der Waals surface area contributed by atoms with Gasteiger partial charge in [0.05, 0.1) is 35.3 Å². The highest BCUT2D eigenvalue weighted by Crippen LogP contribution is 2.33. The van der Waals surface area contributed by atoms with Crippen molar-refractivity contribution in [1.29, 1.82) is 0 Å². The lowest BCUT2D eigenvalue weighted by Gasteiger charge is -2.14. The van der Waals surface area contributed by atoms with Gasteiger partial charge < -0.3 is 10.1 Å². The molecule has 0 bridgehead atoms. The molecule has 2 N–H and O–H groups in total. The smallest absolute Gasteiger partial charge is 0.263 e. The number of hydrogen-bond donors (Lipinski definition) is 2. The molecule has 2 aromatic carbocycles. The Morgan fingerprint density at radius 2 is 1.92 bits per heavy atom. The van der Waals surface area contributed by atoms with Crippen LogP contribution in [0.25, 0.3) is 22.0 Å². The number of halogens is 3. The fraction of sp³-hybridized carbons (Fsp3) is 0.200. The van der Waals surface area contributed by atoms with Crippen LogP contribution in [0.2, 0.25) is 5.02 Å². The molecule has 4 rings (SSSR count). The Morgan fingerprint density at radius 1 is 1.18 bits per heavy atom. The number of methoxy groups -OCH3 is 1. The van der Waals surface area contributed by atoms with Crippen molar-refractivity contribution in [3.8, 4) is 17.0 Å². The van der Waals surface area contributed by atoms with Crippen LogP contribution in [0, 0.1) is 17.6 Å². The zero-order chi connectivity index (χ0) is 28.5. The van der Waals surface area contributed by atoms with Crippen molar-refractivity contribution in [2.24, 2.45) is 5.92 Å². The van der Waals surface area contributed by atoms with E-state index in [4.69, 9.17) is 16.3 Å². The number of hydrogen-bond acceptors (Lipinski definition) is 7. The van der Waals surface area contributed by atoms with E-state index in [0.717, 1.165) is 24.3 Å². The first-order valence-corrected chi connectivity index (χ1v) is 13.2. The van der Waals surface area contributed by atoms with Gasteiger partial charge in [-0.2, -0.15) is 0 Å². The van der Waals surface area contributed by atoms with E-state index in [9.17, 15) is 22.4 Å². The van der Waals surface area contributed by atoms with Crippen LogP contribution >= 0.6 is 11.6 Å². The first-order valence-electron chi connectivity index (χ1n) is 11.4. The largest absolute Gasteiger partial charge is 0.480 e.